The first kappa shape index (κ1) is 14.6. The number of carbonyl (C=O) groups excluding carboxylic acids is 1. The van der Waals surface area contributed by atoms with Gasteiger partial charge in [0.15, 0.2) is 0 Å². The van der Waals surface area contributed by atoms with E-state index in [1.165, 1.54) is 5.70 Å². The molecule has 1 fully saturated rings. The first-order chi connectivity index (χ1) is 8.45. The average molecular weight is 251 g/mol. The second kappa shape index (κ2) is 6.47. The Kier molecular flexibility index (Phi) is 5.25. The molecular weight excluding hydrogens is 226 g/mol. The number of piperazine rings is 1. The molecule has 1 heterocycles. The molecule has 0 atom stereocenters. The molecule has 0 aliphatic carbocycles. The Balaban J connectivity index is 2.51. The van der Waals surface area contributed by atoms with Gasteiger partial charge in [-0.05, 0) is 13.0 Å². The normalized spacial score (nSPS) is 16.8. The first-order valence-corrected chi connectivity index (χ1v) is 6.53. The number of carbonyl (C=O) groups is 1. The van der Waals surface area contributed by atoms with Gasteiger partial charge in [0.1, 0.15) is 0 Å². The highest BCUT2D eigenvalue weighted by Gasteiger charge is 2.19. The van der Waals surface area contributed by atoms with Crippen molar-refractivity contribution in [3.05, 3.63) is 24.0 Å². The summed E-state index contributed by atoms with van der Waals surface area (Å²) in [5.74, 6) is 0.250. The van der Waals surface area contributed by atoms with Crippen LogP contribution in [0.1, 0.15) is 20.3 Å². The van der Waals surface area contributed by atoms with E-state index in [1.54, 1.807) is 0 Å². The van der Waals surface area contributed by atoms with Gasteiger partial charge in [-0.25, -0.2) is 0 Å². The monoisotopic (exact) mass is 251 g/mol. The van der Waals surface area contributed by atoms with Crippen molar-refractivity contribution in [1.82, 2.24) is 14.7 Å². The summed E-state index contributed by atoms with van der Waals surface area (Å²) < 4.78 is 0. The fourth-order valence-electron chi connectivity index (χ4n) is 1.93. The van der Waals surface area contributed by atoms with Gasteiger partial charge in [-0.15, -0.1) is 0 Å². The van der Waals surface area contributed by atoms with E-state index in [0.29, 0.717) is 6.42 Å². The summed E-state index contributed by atoms with van der Waals surface area (Å²) in [6.45, 7) is 11.5. The van der Waals surface area contributed by atoms with Crippen molar-refractivity contribution in [3.63, 3.8) is 0 Å². The zero-order valence-corrected chi connectivity index (χ0v) is 12.1. The standard InChI is InChI=1S/C14H25N3O/c1-6-14(18)17-9-7-16(8-10-17)13(3)11-12(2)15(4)5/h11H,3,6-10H2,1-2,4-5H3/b12-11-. The molecule has 1 aliphatic rings. The Morgan fingerprint density at radius 3 is 2.17 bits per heavy atom. The third-order valence-corrected chi connectivity index (χ3v) is 3.42. The van der Waals surface area contributed by atoms with Crippen molar-refractivity contribution in [2.75, 3.05) is 40.3 Å². The Labute approximate surface area is 111 Å². The smallest absolute Gasteiger partial charge is 0.222 e. The molecule has 0 saturated carbocycles. The molecule has 0 bridgehead atoms. The molecule has 0 N–H and O–H groups in total. The van der Waals surface area contributed by atoms with Crippen LogP contribution in [0.5, 0.6) is 0 Å². The molecule has 18 heavy (non-hydrogen) atoms. The van der Waals surface area contributed by atoms with Crippen LogP contribution in [0, 0.1) is 0 Å². The molecular formula is C14H25N3O. The van der Waals surface area contributed by atoms with Crippen LogP contribution in [0.25, 0.3) is 0 Å². The largest absolute Gasteiger partial charge is 0.381 e. The maximum atomic E-state index is 11.6. The van der Waals surface area contributed by atoms with Crippen molar-refractivity contribution >= 4 is 5.91 Å². The predicted octanol–water partition coefficient (Wildman–Crippen LogP) is 1.52. The zero-order chi connectivity index (χ0) is 13.7. The van der Waals surface area contributed by atoms with Gasteiger partial charge in [0.25, 0.3) is 0 Å². The third-order valence-electron chi connectivity index (χ3n) is 3.42. The van der Waals surface area contributed by atoms with E-state index in [2.05, 4.69) is 29.4 Å². The molecule has 1 rings (SSSR count). The summed E-state index contributed by atoms with van der Waals surface area (Å²) in [6, 6.07) is 0. The average Bonchev–Trinajstić information content (AvgIpc) is 2.37. The summed E-state index contributed by atoms with van der Waals surface area (Å²) in [5.41, 5.74) is 2.22. The molecule has 0 radical (unpaired) electrons. The second-order valence-corrected chi connectivity index (χ2v) is 4.89. The van der Waals surface area contributed by atoms with E-state index >= 15 is 0 Å². The maximum Gasteiger partial charge on any atom is 0.222 e. The Hall–Kier alpha value is -1.45. The van der Waals surface area contributed by atoms with Crippen molar-refractivity contribution in [2.45, 2.75) is 20.3 Å². The molecule has 1 saturated heterocycles. The van der Waals surface area contributed by atoms with E-state index in [0.717, 1.165) is 31.9 Å². The number of hydrogen-bond donors (Lipinski definition) is 0. The second-order valence-electron chi connectivity index (χ2n) is 4.89. The highest BCUT2D eigenvalue weighted by molar-refractivity contribution is 5.75. The van der Waals surface area contributed by atoms with Gasteiger partial charge in [-0.2, -0.15) is 0 Å². The number of rotatable bonds is 4. The van der Waals surface area contributed by atoms with Gasteiger partial charge in [-0.3, -0.25) is 4.79 Å². The molecule has 0 unspecified atom stereocenters. The predicted molar refractivity (Wildman–Crippen MR) is 75.0 cm³/mol. The molecule has 1 amide bonds. The van der Waals surface area contributed by atoms with Crippen LogP contribution < -0.4 is 0 Å². The number of nitrogens with zero attached hydrogens (tertiary/aromatic N) is 3. The minimum absolute atomic E-state index is 0.250. The highest BCUT2D eigenvalue weighted by atomic mass is 16.2. The lowest BCUT2D eigenvalue weighted by Crippen LogP contribution is -2.47. The number of hydrogen-bond acceptors (Lipinski definition) is 3. The third kappa shape index (κ3) is 3.79. The minimum Gasteiger partial charge on any atom is -0.381 e. The van der Waals surface area contributed by atoms with Crippen LogP contribution in [0.2, 0.25) is 0 Å². The zero-order valence-electron chi connectivity index (χ0n) is 12.1. The summed E-state index contributed by atoms with van der Waals surface area (Å²) in [7, 11) is 4.05. The van der Waals surface area contributed by atoms with Crippen LogP contribution in [0.15, 0.2) is 24.0 Å². The van der Waals surface area contributed by atoms with Crippen LogP contribution in [-0.2, 0) is 4.79 Å². The molecule has 0 aromatic heterocycles. The van der Waals surface area contributed by atoms with Crippen LogP contribution >= 0.6 is 0 Å². The van der Waals surface area contributed by atoms with Gasteiger partial charge in [0.2, 0.25) is 5.91 Å². The van der Waals surface area contributed by atoms with Crippen LogP contribution in [0.4, 0.5) is 0 Å². The lowest BCUT2D eigenvalue weighted by atomic mass is 10.2. The maximum absolute atomic E-state index is 11.6. The highest BCUT2D eigenvalue weighted by Crippen LogP contribution is 2.12. The van der Waals surface area contributed by atoms with Gasteiger partial charge in [0, 0.05) is 58.1 Å². The van der Waals surface area contributed by atoms with E-state index in [4.69, 9.17) is 0 Å². The SMILES string of the molecule is C=C(/C=C(/C)N(C)C)N1CCN(C(=O)CC)CC1. The molecule has 0 aromatic rings. The first-order valence-electron chi connectivity index (χ1n) is 6.53. The minimum atomic E-state index is 0.250. The Bertz CT molecular complexity index is 339. The lowest BCUT2D eigenvalue weighted by Gasteiger charge is -2.36. The van der Waals surface area contributed by atoms with Crippen molar-refractivity contribution < 1.29 is 4.79 Å². The van der Waals surface area contributed by atoms with E-state index in [9.17, 15) is 4.79 Å². The Morgan fingerprint density at radius 1 is 1.22 bits per heavy atom. The fraction of sp³-hybridized carbons (Fsp3) is 0.643. The van der Waals surface area contributed by atoms with Crippen molar-refractivity contribution in [2.24, 2.45) is 0 Å². The van der Waals surface area contributed by atoms with Gasteiger partial charge in [-0.1, -0.05) is 13.5 Å². The van der Waals surface area contributed by atoms with Gasteiger partial charge >= 0.3 is 0 Å². The fourth-order valence-corrected chi connectivity index (χ4v) is 1.93. The quantitative estimate of drug-likeness (QED) is 0.709. The molecule has 0 aromatic carbocycles. The molecule has 0 spiro atoms. The summed E-state index contributed by atoms with van der Waals surface area (Å²) in [5, 5.41) is 0. The van der Waals surface area contributed by atoms with E-state index in [1.807, 2.05) is 25.9 Å². The summed E-state index contributed by atoms with van der Waals surface area (Å²) >= 11 is 0. The van der Waals surface area contributed by atoms with Crippen LogP contribution in [0.3, 0.4) is 0 Å². The molecule has 4 nitrogen and oxygen atoms in total. The topological polar surface area (TPSA) is 26.8 Å². The molecule has 4 heteroatoms. The number of allylic oxidation sites excluding steroid dienone is 2. The Morgan fingerprint density at radius 2 is 1.72 bits per heavy atom. The van der Waals surface area contributed by atoms with Crippen LogP contribution in [-0.4, -0.2) is 60.9 Å². The lowest BCUT2D eigenvalue weighted by molar-refractivity contribution is -0.132. The van der Waals surface area contributed by atoms with Gasteiger partial charge in [0.05, 0.1) is 0 Å². The molecule has 1 aliphatic heterocycles. The van der Waals surface area contributed by atoms with Gasteiger partial charge < -0.3 is 14.7 Å². The molecule has 102 valence electrons. The summed E-state index contributed by atoms with van der Waals surface area (Å²) in [4.78, 5) is 17.8. The van der Waals surface area contributed by atoms with E-state index < -0.39 is 0 Å². The van der Waals surface area contributed by atoms with E-state index in [-0.39, 0.29) is 5.91 Å². The summed E-state index contributed by atoms with van der Waals surface area (Å²) in [6.07, 6.45) is 2.69. The number of amides is 1. The van der Waals surface area contributed by atoms with Crippen molar-refractivity contribution in [3.8, 4) is 0 Å². The van der Waals surface area contributed by atoms with Crippen molar-refractivity contribution in [1.29, 1.82) is 0 Å².